The molecule has 0 saturated carbocycles. The standard InChI is InChI=1S/C5H2ClNO3S2/c6-4-1-2-11-5(4)12(9,10)7-3-8/h1-2H. The molecule has 7 heteroatoms. The van der Waals surface area contributed by atoms with E-state index >= 15 is 0 Å². The van der Waals surface area contributed by atoms with Crippen LogP contribution in [0.25, 0.3) is 0 Å². The molecular weight excluding hydrogens is 222 g/mol. The molecule has 4 nitrogen and oxygen atoms in total. The SMILES string of the molecule is O=C=NS(=O)(=O)c1sccc1Cl. The number of sulfonamides is 1. The fraction of sp³-hybridized carbons (Fsp3) is 0. The van der Waals surface area contributed by atoms with Crippen molar-refractivity contribution in [3.8, 4) is 0 Å². The Labute approximate surface area is 77.6 Å². The predicted octanol–water partition coefficient (Wildman–Crippen LogP) is 1.43. The highest BCUT2D eigenvalue weighted by atomic mass is 35.5. The number of hydrogen-bond acceptors (Lipinski definition) is 4. The van der Waals surface area contributed by atoms with Crippen molar-refractivity contribution in [2.75, 3.05) is 0 Å². The van der Waals surface area contributed by atoms with Gasteiger partial charge in [-0.1, -0.05) is 16.0 Å². The topological polar surface area (TPSA) is 63.6 Å². The molecule has 0 amide bonds. The summed E-state index contributed by atoms with van der Waals surface area (Å²) in [6.07, 6.45) is 0.959. The summed E-state index contributed by atoms with van der Waals surface area (Å²) in [4.78, 5) is 9.72. The molecule has 0 aliphatic heterocycles. The van der Waals surface area contributed by atoms with E-state index in [9.17, 15) is 13.2 Å². The fourth-order valence-electron chi connectivity index (χ4n) is 0.554. The fourth-order valence-corrected chi connectivity index (χ4v) is 2.89. The highest BCUT2D eigenvalue weighted by Gasteiger charge is 2.17. The molecule has 0 fully saturated rings. The molecule has 0 aliphatic rings. The van der Waals surface area contributed by atoms with Crippen LogP contribution < -0.4 is 0 Å². The zero-order valence-corrected chi connectivity index (χ0v) is 7.91. The van der Waals surface area contributed by atoms with Crippen molar-refractivity contribution in [2.45, 2.75) is 4.21 Å². The van der Waals surface area contributed by atoms with Crippen LogP contribution in [0.5, 0.6) is 0 Å². The van der Waals surface area contributed by atoms with Gasteiger partial charge in [-0.15, -0.1) is 11.3 Å². The molecular formula is C5H2ClNO3S2. The molecule has 0 bridgehead atoms. The molecule has 0 unspecified atom stereocenters. The maximum atomic E-state index is 11.0. The summed E-state index contributed by atoms with van der Waals surface area (Å²) in [5.41, 5.74) is 0. The molecule has 0 N–H and O–H groups in total. The Hall–Kier alpha value is -0.680. The van der Waals surface area contributed by atoms with Gasteiger partial charge < -0.3 is 0 Å². The average Bonchev–Trinajstić information content (AvgIpc) is 2.35. The van der Waals surface area contributed by atoms with E-state index in [1.807, 2.05) is 0 Å². The molecule has 0 aromatic carbocycles. The van der Waals surface area contributed by atoms with Crippen molar-refractivity contribution in [1.29, 1.82) is 0 Å². The van der Waals surface area contributed by atoms with Crippen molar-refractivity contribution < 1.29 is 13.2 Å². The summed E-state index contributed by atoms with van der Waals surface area (Å²) in [5, 5.41) is 1.56. The van der Waals surface area contributed by atoms with Gasteiger partial charge >= 0.3 is 10.0 Å². The summed E-state index contributed by atoms with van der Waals surface area (Å²) >= 11 is 6.41. The first-order valence-electron chi connectivity index (χ1n) is 2.65. The van der Waals surface area contributed by atoms with E-state index in [2.05, 4.69) is 4.40 Å². The summed E-state index contributed by atoms with van der Waals surface area (Å²) in [5.74, 6) is 0. The lowest BCUT2D eigenvalue weighted by Crippen LogP contribution is -1.92. The van der Waals surface area contributed by atoms with Gasteiger partial charge in [-0.3, -0.25) is 0 Å². The quantitative estimate of drug-likeness (QED) is 0.563. The average molecular weight is 224 g/mol. The monoisotopic (exact) mass is 223 g/mol. The summed E-state index contributed by atoms with van der Waals surface area (Å²) < 4.78 is 24.5. The second-order valence-electron chi connectivity index (χ2n) is 1.71. The van der Waals surface area contributed by atoms with Gasteiger partial charge in [0, 0.05) is 0 Å². The molecule has 0 atom stereocenters. The minimum absolute atomic E-state index is 0.0685. The second-order valence-corrected chi connectivity index (χ2v) is 4.84. The zero-order valence-electron chi connectivity index (χ0n) is 5.52. The molecule has 0 aliphatic carbocycles. The number of halogens is 1. The van der Waals surface area contributed by atoms with Crippen LogP contribution in [0.1, 0.15) is 0 Å². The lowest BCUT2D eigenvalue weighted by atomic mass is 10.7. The molecule has 1 rings (SSSR count). The Morgan fingerprint density at radius 3 is 2.67 bits per heavy atom. The van der Waals surface area contributed by atoms with E-state index in [-0.39, 0.29) is 9.23 Å². The lowest BCUT2D eigenvalue weighted by molar-refractivity contribution is 0.564. The van der Waals surface area contributed by atoms with E-state index in [4.69, 9.17) is 11.6 Å². The first kappa shape index (κ1) is 9.41. The maximum Gasteiger partial charge on any atom is 0.303 e. The Morgan fingerprint density at radius 2 is 2.25 bits per heavy atom. The largest absolute Gasteiger partial charge is 0.303 e. The lowest BCUT2D eigenvalue weighted by Gasteiger charge is -1.89. The Kier molecular flexibility index (Phi) is 2.64. The van der Waals surface area contributed by atoms with E-state index < -0.39 is 10.0 Å². The van der Waals surface area contributed by atoms with E-state index in [1.165, 1.54) is 11.4 Å². The minimum Gasteiger partial charge on any atom is -0.210 e. The van der Waals surface area contributed by atoms with Crippen LogP contribution in [0, 0.1) is 0 Å². The third-order valence-corrected chi connectivity index (χ3v) is 4.15. The van der Waals surface area contributed by atoms with E-state index in [0.717, 1.165) is 17.4 Å². The Morgan fingerprint density at radius 1 is 1.58 bits per heavy atom. The van der Waals surface area contributed by atoms with Gasteiger partial charge in [0.2, 0.25) is 0 Å². The van der Waals surface area contributed by atoms with Crippen molar-refractivity contribution in [3.63, 3.8) is 0 Å². The van der Waals surface area contributed by atoms with Gasteiger partial charge in [0.1, 0.15) is 0 Å². The number of carbonyl (C=O) groups excluding carboxylic acids is 1. The first-order valence-corrected chi connectivity index (χ1v) is 5.35. The molecule has 1 aromatic rings. The predicted molar refractivity (Wildman–Crippen MR) is 44.6 cm³/mol. The molecule has 1 heterocycles. The van der Waals surface area contributed by atoms with Crippen LogP contribution in [-0.2, 0) is 14.8 Å². The third kappa shape index (κ3) is 1.73. The molecule has 64 valence electrons. The maximum absolute atomic E-state index is 11.0. The second kappa shape index (κ2) is 3.37. The first-order chi connectivity index (χ1) is 5.58. The molecule has 0 saturated heterocycles. The van der Waals surface area contributed by atoms with Crippen molar-refractivity contribution in [1.82, 2.24) is 0 Å². The van der Waals surface area contributed by atoms with Crippen LogP contribution in [-0.4, -0.2) is 14.5 Å². The van der Waals surface area contributed by atoms with Crippen LogP contribution in [0.4, 0.5) is 0 Å². The smallest absolute Gasteiger partial charge is 0.210 e. The van der Waals surface area contributed by atoms with Crippen molar-refractivity contribution in [2.24, 2.45) is 4.40 Å². The summed E-state index contributed by atoms with van der Waals surface area (Å²) in [6, 6.07) is 1.42. The summed E-state index contributed by atoms with van der Waals surface area (Å²) in [6.45, 7) is 0. The highest BCUT2D eigenvalue weighted by Crippen LogP contribution is 2.28. The minimum atomic E-state index is -3.91. The number of thiophene rings is 1. The molecule has 12 heavy (non-hydrogen) atoms. The van der Waals surface area contributed by atoms with Gasteiger partial charge in [0.15, 0.2) is 4.21 Å². The molecule has 0 spiro atoms. The molecule has 0 radical (unpaired) electrons. The van der Waals surface area contributed by atoms with Gasteiger partial charge in [-0.25, -0.2) is 4.79 Å². The van der Waals surface area contributed by atoms with Gasteiger partial charge in [0.25, 0.3) is 6.08 Å². The van der Waals surface area contributed by atoms with Crippen molar-refractivity contribution >= 4 is 39.0 Å². The third-order valence-electron chi connectivity index (χ3n) is 0.976. The zero-order chi connectivity index (χ0) is 9.19. The Bertz CT molecular complexity index is 429. The van der Waals surface area contributed by atoms with Crippen LogP contribution in [0.2, 0.25) is 5.02 Å². The number of hydrogen-bond donors (Lipinski definition) is 0. The van der Waals surface area contributed by atoms with Gasteiger partial charge in [-0.05, 0) is 11.4 Å². The van der Waals surface area contributed by atoms with Crippen molar-refractivity contribution in [3.05, 3.63) is 16.5 Å². The van der Waals surface area contributed by atoms with Gasteiger partial charge in [0.05, 0.1) is 5.02 Å². The highest BCUT2D eigenvalue weighted by molar-refractivity contribution is 7.92. The van der Waals surface area contributed by atoms with Crippen LogP contribution in [0.15, 0.2) is 20.1 Å². The number of nitrogens with zero attached hydrogens (tertiary/aromatic N) is 1. The number of isocyanates is 1. The number of rotatable bonds is 2. The van der Waals surface area contributed by atoms with Crippen LogP contribution in [0.3, 0.4) is 0 Å². The van der Waals surface area contributed by atoms with Crippen LogP contribution >= 0.6 is 22.9 Å². The Balaban J connectivity index is 3.33. The van der Waals surface area contributed by atoms with E-state index in [1.54, 1.807) is 0 Å². The normalized spacial score (nSPS) is 10.8. The van der Waals surface area contributed by atoms with Gasteiger partial charge in [-0.2, -0.15) is 8.42 Å². The van der Waals surface area contributed by atoms with E-state index in [0.29, 0.717) is 0 Å². The summed E-state index contributed by atoms with van der Waals surface area (Å²) in [7, 11) is -3.91. The molecule has 1 aromatic heterocycles.